The van der Waals surface area contributed by atoms with Crippen LogP contribution in [0.3, 0.4) is 0 Å². The van der Waals surface area contributed by atoms with Crippen molar-refractivity contribution < 1.29 is 14.3 Å². The fourth-order valence-electron chi connectivity index (χ4n) is 4.55. The summed E-state index contributed by atoms with van der Waals surface area (Å²) in [5, 5.41) is 7.13. The maximum absolute atomic E-state index is 12.5. The van der Waals surface area contributed by atoms with Crippen LogP contribution in [0, 0.1) is 11.8 Å². The predicted octanol–water partition coefficient (Wildman–Crippen LogP) is 0.809. The standard InChI is InChI=1S/C22H30N6O3/c29-21-15-31-18(11-24-22(30)19-10-20-23-6-1-7-28(20)25-19)14-27(21)13-17-4-8-26(9-5-17)12-16-2-3-16/h1,6-7,10,16-18H,2-5,8-9,11-15H2,(H,24,30)/t18-/m0/s1. The summed E-state index contributed by atoms with van der Waals surface area (Å²) in [6.07, 6.45) is 8.32. The van der Waals surface area contributed by atoms with E-state index in [1.54, 1.807) is 29.0 Å². The number of hydrogen-bond donors (Lipinski definition) is 1. The molecule has 166 valence electrons. The Bertz CT molecular complexity index is 901. The molecule has 1 aliphatic carbocycles. The molecule has 1 saturated carbocycles. The molecule has 0 radical (unpaired) electrons. The molecule has 2 aromatic rings. The first-order valence-corrected chi connectivity index (χ1v) is 11.3. The second kappa shape index (κ2) is 8.92. The summed E-state index contributed by atoms with van der Waals surface area (Å²) in [5.74, 6) is 1.28. The van der Waals surface area contributed by atoms with Crippen LogP contribution in [0.5, 0.6) is 0 Å². The summed E-state index contributed by atoms with van der Waals surface area (Å²) in [7, 11) is 0. The van der Waals surface area contributed by atoms with Gasteiger partial charge in [-0.05, 0) is 56.7 Å². The smallest absolute Gasteiger partial charge is 0.271 e. The van der Waals surface area contributed by atoms with E-state index in [2.05, 4.69) is 20.3 Å². The Kier molecular flexibility index (Phi) is 5.87. The monoisotopic (exact) mass is 426 g/mol. The van der Waals surface area contributed by atoms with Crippen molar-refractivity contribution >= 4 is 17.5 Å². The lowest BCUT2D eigenvalue weighted by molar-refractivity contribution is -0.149. The number of carbonyl (C=O) groups is 2. The number of likely N-dealkylation sites (tertiary alicyclic amines) is 1. The molecular weight excluding hydrogens is 396 g/mol. The van der Waals surface area contributed by atoms with Crippen LogP contribution in [0.1, 0.15) is 36.2 Å². The fourth-order valence-corrected chi connectivity index (χ4v) is 4.55. The molecule has 5 rings (SSSR count). The lowest BCUT2D eigenvalue weighted by Crippen LogP contribution is -2.52. The van der Waals surface area contributed by atoms with E-state index >= 15 is 0 Å². The minimum Gasteiger partial charge on any atom is -0.365 e. The van der Waals surface area contributed by atoms with Crippen molar-refractivity contribution in [1.29, 1.82) is 0 Å². The normalized spacial score (nSPS) is 23.4. The zero-order valence-electron chi connectivity index (χ0n) is 17.8. The van der Waals surface area contributed by atoms with E-state index in [-0.39, 0.29) is 24.5 Å². The van der Waals surface area contributed by atoms with Gasteiger partial charge in [-0.1, -0.05) is 0 Å². The van der Waals surface area contributed by atoms with Crippen LogP contribution in [0.2, 0.25) is 0 Å². The zero-order valence-corrected chi connectivity index (χ0v) is 17.8. The average Bonchev–Trinajstić information content (AvgIpc) is 3.49. The van der Waals surface area contributed by atoms with Crippen molar-refractivity contribution in [3.8, 4) is 0 Å². The van der Waals surface area contributed by atoms with Gasteiger partial charge in [-0.3, -0.25) is 9.59 Å². The fraction of sp³-hybridized carbons (Fsp3) is 0.636. The van der Waals surface area contributed by atoms with Gasteiger partial charge in [0.15, 0.2) is 11.3 Å². The van der Waals surface area contributed by atoms with Crippen molar-refractivity contribution in [1.82, 2.24) is 29.7 Å². The summed E-state index contributed by atoms with van der Waals surface area (Å²) in [5.41, 5.74) is 0.946. The molecule has 2 aliphatic heterocycles. The molecule has 4 heterocycles. The highest BCUT2D eigenvalue weighted by atomic mass is 16.5. The summed E-state index contributed by atoms with van der Waals surface area (Å²) in [6.45, 7) is 5.30. The van der Waals surface area contributed by atoms with E-state index in [1.165, 1.54) is 19.4 Å². The molecule has 31 heavy (non-hydrogen) atoms. The van der Waals surface area contributed by atoms with Gasteiger partial charge in [-0.25, -0.2) is 9.50 Å². The first-order chi connectivity index (χ1) is 15.1. The number of nitrogens with zero attached hydrogens (tertiary/aromatic N) is 5. The third-order valence-electron chi connectivity index (χ3n) is 6.58. The summed E-state index contributed by atoms with van der Waals surface area (Å²) >= 11 is 0. The SMILES string of the molecule is O=C(NC[C@H]1CN(CC2CCN(CC3CC3)CC2)C(=O)CO1)c1cc2ncccn2n1. The molecule has 3 fully saturated rings. The molecule has 1 N–H and O–H groups in total. The second-order valence-corrected chi connectivity index (χ2v) is 9.08. The van der Waals surface area contributed by atoms with E-state index in [9.17, 15) is 9.59 Å². The number of rotatable bonds is 7. The molecule has 0 bridgehead atoms. The zero-order chi connectivity index (χ0) is 21.2. The molecule has 9 heteroatoms. The van der Waals surface area contributed by atoms with Crippen molar-refractivity contribution in [2.75, 3.05) is 45.9 Å². The Hall–Kier alpha value is -2.52. The quantitative estimate of drug-likeness (QED) is 0.705. The number of hydrogen-bond acceptors (Lipinski definition) is 6. The summed E-state index contributed by atoms with van der Waals surface area (Å²) in [6, 6.07) is 3.42. The first-order valence-electron chi connectivity index (χ1n) is 11.3. The Morgan fingerprint density at radius 3 is 2.74 bits per heavy atom. The Balaban J connectivity index is 1.09. The van der Waals surface area contributed by atoms with Crippen LogP contribution in [-0.2, 0) is 9.53 Å². The molecule has 0 spiro atoms. The topological polar surface area (TPSA) is 92.1 Å². The predicted molar refractivity (Wildman–Crippen MR) is 114 cm³/mol. The van der Waals surface area contributed by atoms with Crippen LogP contribution in [0.25, 0.3) is 5.65 Å². The highest BCUT2D eigenvalue weighted by Crippen LogP contribution is 2.31. The van der Waals surface area contributed by atoms with Gasteiger partial charge in [0.1, 0.15) is 6.61 Å². The minimum atomic E-state index is -0.263. The van der Waals surface area contributed by atoms with E-state index < -0.39 is 0 Å². The average molecular weight is 427 g/mol. The van der Waals surface area contributed by atoms with E-state index in [0.29, 0.717) is 30.3 Å². The van der Waals surface area contributed by atoms with E-state index in [1.807, 2.05) is 4.90 Å². The summed E-state index contributed by atoms with van der Waals surface area (Å²) < 4.78 is 7.24. The third-order valence-corrected chi connectivity index (χ3v) is 6.58. The maximum atomic E-state index is 12.5. The first kappa shape index (κ1) is 20.4. The van der Waals surface area contributed by atoms with E-state index in [4.69, 9.17) is 4.74 Å². The lowest BCUT2D eigenvalue weighted by atomic mass is 9.95. The molecule has 1 atom stereocenters. The van der Waals surface area contributed by atoms with Crippen molar-refractivity contribution in [3.05, 3.63) is 30.2 Å². The van der Waals surface area contributed by atoms with Crippen LogP contribution < -0.4 is 5.32 Å². The van der Waals surface area contributed by atoms with Crippen LogP contribution in [0.4, 0.5) is 0 Å². The van der Waals surface area contributed by atoms with Crippen molar-refractivity contribution in [2.24, 2.45) is 11.8 Å². The highest BCUT2D eigenvalue weighted by Gasteiger charge is 2.31. The Morgan fingerprint density at radius 1 is 1.16 bits per heavy atom. The van der Waals surface area contributed by atoms with Crippen LogP contribution >= 0.6 is 0 Å². The molecule has 0 aromatic carbocycles. The minimum absolute atomic E-state index is 0.0504. The number of amides is 2. The van der Waals surface area contributed by atoms with Gasteiger partial charge in [-0.2, -0.15) is 5.10 Å². The lowest BCUT2D eigenvalue weighted by Gasteiger charge is -2.38. The van der Waals surface area contributed by atoms with Gasteiger partial charge >= 0.3 is 0 Å². The van der Waals surface area contributed by atoms with Gasteiger partial charge in [0, 0.05) is 44.6 Å². The van der Waals surface area contributed by atoms with Crippen LogP contribution in [-0.4, -0.2) is 88.2 Å². The molecule has 3 aliphatic rings. The summed E-state index contributed by atoms with van der Waals surface area (Å²) in [4.78, 5) is 33.5. The number of ether oxygens (including phenoxy) is 1. The number of aromatic nitrogens is 3. The number of morpholine rings is 1. The molecule has 2 saturated heterocycles. The van der Waals surface area contributed by atoms with Gasteiger partial charge in [-0.15, -0.1) is 0 Å². The highest BCUT2D eigenvalue weighted by molar-refractivity contribution is 5.93. The largest absolute Gasteiger partial charge is 0.365 e. The molecule has 0 unspecified atom stereocenters. The van der Waals surface area contributed by atoms with Crippen molar-refractivity contribution in [3.63, 3.8) is 0 Å². The molecule has 2 aromatic heterocycles. The van der Waals surface area contributed by atoms with Gasteiger partial charge in [0.25, 0.3) is 5.91 Å². The molecular formula is C22H30N6O3. The van der Waals surface area contributed by atoms with Gasteiger partial charge in [0.2, 0.25) is 5.91 Å². The van der Waals surface area contributed by atoms with Crippen molar-refractivity contribution in [2.45, 2.75) is 31.8 Å². The Labute approximate surface area is 181 Å². The second-order valence-electron chi connectivity index (χ2n) is 9.08. The van der Waals surface area contributed by atoms with E-state index in [0.717, 1.165) is 38.4 Å². The van der Waals surface area contributed by atoms with Crippen LogP contribution in [0.15, 0.2) is 24.5 Å². The Morgan fingerprint density at radius 2 is 1.97 bits per heavy atom. The number of nitrogens with one attached hydrogen (secondary N) is 1. The van der Waals surface area contributed by atoms with Gasteiger partial charge < -0.3 is 19.9 Å². The molecule has 9 nitrogen and oxygen atoms in total. The van der Waals surface area contributed by atoms with Gasteiger partial charge in [0.05, 0.1) is 6.10 Å². The third kappa shape index (κ3) is 5.04. The number of fused-ring (bicyclic) bond motifs is 1. The maximum Gasteiger partial charge on any atom is 0.271 e. The number of piperidine rings is 1. The molecule has 2 amide bonds. The number of carbonyl (C=O) groups excluding carboxylic acids is 2.